The third kappa shape index (κ3) is 4.60. The van der Waals surface area contributed by atoms with Crippen molar-refractivity contribution in [2.75, 3.05) is 31.2 Å². The maximum Gasteiger partial charge on any atom is 0.315 e. The molecule has 0 saturated carbocycles. The number of ether oxygens (including phenoxy) is 1. The van der Waals surface area contributed by atoms with Crippen molar-refractivity contribution in [1.29, 1.82) is 0 Å². The summed E-state index contributed by atoms with van der Waals surface area (Å²) in [5.41, 5.74) is 1.94. The van der Waals surface area contributed by atoms with E-state index in [-0.39, 0.29) is 12.1 Å². The molecule has 3 aromatic rings. The summed E-state index contributed by atoms with van der Waals surface area (Å²) in [5, 5.41) is 6.03. The lowest BCUT2D eigenvalue weighted by atomic mass is 10.1. The number of amides is 2. The van der Waals surface area contributed by atoms with Crippen LogP contribution in [0.3, 0.4) is 0 Å². The Hall–Kier alpha value is -3.39. The number of carbonyl (C=O) groups excluding carboxylic acids is 1. The zero-order valence-electron chi connectivity index (χ0n) is 17.0. The Labute approximate surface area is 175 Å². The minimum Gasteiger partial charge on any atom is -0.378 e. The number of urea groups is 1. The molecule has 4 rings (SSSR count). The summed E-state index contributed by atoms with van der Waals surface area (Å²) in [4.78, 5) is 23.9. The van der Waals surface area contributed by atoms with Crippen molar-refractivity contribution < 1.29 is 9.53 Å². The van der Waals surface area contributed by atoms with Gasteiger partial charge >= 0.3 is 6.03 Å². The number of rotatable bonds is 6. The molecule has 3 heterocycles. The van der Waals surface area contributed by atoms with Gasteiger partial charge in [0.2, 0.25) is 0 Å². The largest absolute Gasteiger partial charge is 0.378 e. The molecule has 1 saturated heterocycles. The van der Waals surface area contributed by atoms with E-state index in [1.807, 2.05) is 60.3 Å². The number of hydrogen-bond donors (Lipinski definition) is 2. The number of aryl methyl sites for hydroxylation is 1. The molecule has 156 valence electrons. The summed E-state index contributed by atoms with van der Waals surface area (Å²) in [6.07, 6.45) is 5.38. The van der Waals surface area contributed by atoms with Crippen LogP contribution in [0.25, 0.3) is 0 Å². The van der Waals surface area contributed by atoms with E-state index in [1.54, 1.807) is 12.4 Å². The van der Waals surface area contributed by atoms with Crippen molar-refractivity contribution in [1.82, 2.24) is 25.2 Å². The zero-order chi connectivity index (χ0) is 20.8. The fraction of sp³-hybridized carbons (Fsp3) is 0.318. The van der Waals surface area contributed by atoms with Crippen LogP contribution in [0.2, 0.25) is 0 Å². The maximum absolute atomic E-state index is 12.8. The van der Waals surface area contributed by atoms with Crippen LogP contribution in [0, 0.1) is 0 Å². The SMILES string of the molecule is Cn1ccnc1[C@H](NC(=O)NCc1cccnc1N1CCOCC1)c1ccccc1. The van der Waals surface area contributed by atoms with Gasteiger partial charge in [0, 0.05) is 50.8 Å². The highest BCUT2D eigenvalue weighted by molar-refractivity contribution is 5.75. The number of nitrogens with one attached hydrogen (secondary N) is 2. The fourth-order valence-electron chi connectivity index (χ4n) is 3.58. The number of carbonyl (C=O) groups is 1. The van der Waals surface area contributed by atoms with Gasteiger partial charge in [0.05, 0.1) is 13.2 Å². The summed E-state index contributed by atoms with van der Waals surface area (Å²) < 4.78 is 7.35. The van der Waals surface area contributed by atoms with Crippen LogP contribution in [-0.4, -0.2) is 46.9 Å². The minimum absolute atomic E-state index is 0.261. The average Bonchev–Trinajstić information content (AvgIpc) is 3.23. The summed E-state index contributed by atoms with van der Waals surface area (Å²) in [6, 6.07) is 13.1. The molecule has 0 spiro atoms. The summed E-state index contributed by atoms with van der Waals surface area (Å²) in [6.45, 7) is 3.35. The highest BCUT2D eigenvalue weighted by Gasteiger charge is 2.21. The van der Waals surface area contributed by atoms with E-state index in [0.717, 1.165) is 35.9 Å². The molecule has 2 amide bonds. The van der Waals surface area contributed by atoms with Gasteiger partial charge in [0.15, 0.2) is 0 Å². The smallest absolute Gasteiger partial charge is 0.315 e. The van der Waals surface area contributed by atoms with E-state index >= 15 is 0 Å². The number of imidazole rings is 1. The molecule has 1 atom stereocenters. The molecule has 1 aromatic carbocycles. The lowest BCUT2D eigenvalue weighted by molar-refractivity contribution is 0.122. The summed E-state index contributed by atoms with van der Waals surface area (Å²) in [5.74, 6) is 1.66. The third-order valence-corrected chi connectivity index (χ3v) is 5.14. The summed E-state index contributed by atoms with van der Waals surface area (Å²) >= 11 is 0. The Balaban J connectivity index is 1.46. The van der Waals surface area contributed by atoms with Gasteiger partial charge in [0.1, 0.15) is 17.7 Å². The molecule has 0 radical (unpaired) electrons. The van der Waals surface area contributed by atoms with Gasteiger partial charge in [-0.2, -0.15) is 0 Å². The number of anilines is 1. The minimum atomic E-state index is -0.348. The topological polar surface area (TPSA) is 84.3 Å². The average molecular weight is 406 g/mol. The second-order valence-corrected chi connectivity index (χ2v) is 7.15. The molecular weight excluding hydrogens is 380 g/mol. The fourth-order valence-corrected chi connectivity index (χ4v) is 3.58. The van der Waals surface area contributed by atoms with Crippen molar-refractivity contribution >= 4 is 11.8 Å². The molecular formula is C22H26N6O2. The van der Waals surface area contributed by atoms with Crippen LogP contribution < -0.4 is 15.5 Å². The molecule has 0 aliphatic carbocycles. The molecule has 1 aliphatic rings. The number of pyridine rings is 1. The molecule has 8 nitrogen and oxygen atoms in total. The van der Waals surface area contributed by atoms with Gasteiger partial charge in [-0.1, -0.05) is 36.4 Å². The van der Waals surface area contributed by atoms with Crippen molar-refractivity contribution in [2.24, 2.45) is 7.05 Å². The number of hydrogen-bond acceptors (Lipinski definition) is 5. The predicted molar refractivity (Wildman–Crippen MR) is 114 cm³/mol. The number of aromatic nitrogens is 3. The normalized spacial score (nSPS) is 14.9. The van der Waals surface area contributed by atoms with Crippen molar-refractivity contribution in [3.63, 3.8) is 0 Å². The van der Waals surface area contributed by atoms with Crippen LogP contribution in [0.4, 0.5) is 10.6 Å². The van der Waals surface area contributed by atoms with E-state index in [0.29, 0.717) is 19.8 Å². The van der Waals surface area contributed by atoms with Crippen LogP contribution in [-0.2, 0) is 18.3 Å². The molecule has 0 unspecified atom stereocenters. The quantitative estimate of drug-likeness (QED) is 0.656. The predicted octanol–water partition coefficient (Wildman–Crippen LogP) is 2.24. The van der Waals surface area contributed by atoms with Gasteiger partial charge in [-0.25, -0.2) is 14.8 Å². The second kappa shape index (κ2) is 9.41. The molecule has 8 heteroatoms. The standard InChI is InChI=1S/C22H26N6O2/c1-27-11-10-24-21(27)19(17-6-3-2-4-7-17)26-22(29)25-16-18-8-5-9-23-20(18)28-12-14-30-15-13-28/h2-11,19H,12-16H2,1H3,(H2,25,26,29)/t19-/m1/s1. The van der Waals surface area contributed by atoms with Crippen molar-refractivity contribution in [2.45, 2.75) is 12.6 Å². The highest BCUT2D eigenvalue weighted by Crippen LogP contribution is 2.21. The van der Waals surface area contributed by atoms with Crippen LogP contribution >= 0.6 is 0 Å². The Morgan fingerprint density at radius 2 is 1.90 bits per heavy atom. The zero-order valence-corrected chi connectivity index (χ0v) is 17.0. The Morgan fingerprint density at radius 3 is 2.63 bits per heavy atom. The third-order valence-electron chi connectivity index (χ3n) is 5.14. The monoisotopic (exact) mass is 406 g/mol. The Kier molecular flexibility index (Phi) is 6.24. The van der Waals surface area contributed by atoms with Gasteiger partial charge in [-0.15, -0.1) is 0 Å². The first kappa shape index (κ1) is 19.9. The number of benzene rings is 1. The van der Waals surface area contributed by atoms with Crippen molar-refractivity contribution in [3.05, 3.63) is 78.0 Å². The first-order valence-corrected chi connectivity index (χ1v) is 10.1. The van der Waals surface area contributed by atoms with Gasteiger partial charge in [-0.05, 0) is 11.6 Å². The van der Waals surface area contributed by atoms with Crippen LogP contribution in [0.15, 0.2) is 61.1 Å². The highest BCUT2D eigenvalue weighted by atomic mass is 16.5. The lowest BCUT2D eigenvalue weighted by Gasteiger charge is -2.29. The molecule has 1 fully saturated rings. The van der Waals surface area contributed by atoms with E-state index in [4.69, 9.17) is 4.74 Å². The van der Waals surface area contributed by atoms with Crippen LogP contribution in [0.1, 0.15) is 23.0 Å². The second-order valence-electron chi connectivity index (χ2n) is 7.15. The maximum atomic E-state index is 12.8. The number of nitrogens with zero attached hydrogens (tertiary/aromatic N) is 4. The molecule has 0 bridgehead atoms. The van der Waals surface area contributed by atoms with Gasteiger partial charge in [0.25, 0.3) is 0 Å². The Morgan fingerprint density at radius 1 is 1.10 bits per heavy atom. The van der Waals surface area contributed by atoms with E-state index in [2.05, 4.69) is 25.5 Å². The number of morpholine rings is 1. The summed E-state index contributed by atoms with van der Waals surface area (Å²) in [7, 11) is 1.92. The van der Waals surface area contributed by atoms with Gasteiger partial charge < -0.3 is 24.8 Å². The van der Waals surface area contributed by atoms with Crippen molar-refractivity contribution in [3.8, 4) is 0 Å². The first-order chi connectivity index (χ1) is 14.7. The Bertz CT molecular complexity index is 969. The molecule has 1 aliphatic heterocycles. The molecule has 2 aromatic heterocycles. The molecule has 2 N–H and O–H groups in total. The lowest BCUT2D eigenvalue weighted by Crippen LogP contribution is -2.40. The molecule has 30 heavy (non-hydrogen) atoms. The van der Waals surface area contributed by atoms with Gasteiger partial charge in [-0.3, -0.25) is 0 Å². The van der Waals surface area contributed by atoms with Crippen LogP contribution in [0.5, 0.6) is 0 Å². The first-order valence-electron chi connectivity index (χ1n) is 10.1. The van der Waals surface area contributed by atoms with E-state index < -0.39 is 0 Å². The van der Waals surface area contributed by atoms with E-state index in [9.17, 15) is 4.79 Å². The van der Waals surface area contributed by atoms with E-state index in [1.165, 1.54) is 0 Å².